The third kappa shape index (κ3) is 4.93. The number of ether oxygens (including phenoxy) is 1. The molecule has 1 aliphatic rings. The Kier molecular flexibility index (Phi) is 5.94. The predicted octanol–water partition coefficient (Wildman–Crippen LogP) is 2.15. The second-order valence-electron chi connectivity index (χ2n) is 6.25. The molecule has 0 spiro atoms. The third-order valence-electron chi connectivity index (χ3n) is 3.98. The highest BCUT2D eigenvalue weighted by atomic mass is 16.5. The van der Waals surface area contributed by atoms with E-state index in [1.165, 1.54) is 5.56 Å². The maximum Gasteiger partial charge on any atom is 0.225 e. The summed E-state index contributed by atoms with van der Waals surface area (Å²) in [6, 6.07) is 0.472. The van der Waals surface area contributed by atoms with Crippen LogP contribution in [0, 0.1) is 12.8 Å². The molecule has 1 aliphatic heterocycles. The number of anilines is 1. The zero-order valence-corrected chi connectivity index (χ0v) is 13.7. The van der Waals surface area contributed by atoms with Crippen molar-refractivity contribution in [2.24, 2.45) is 5.92 Å². The Hall–Kier alpha value is -1.20. The Morgan fingerprint density at radius 3 is 2.71 bits per heavy atom. The van der Waals surface area contributed by atoms with Crippen LogP contribution in [-0.4, -0.2) is 42.8 Å². The molecule has 1 aromatic heterocycles. The minimum Gasteiger partial charge on any atom is -0.381 e. The Labute approximate surface area is 128 Å². The van der Waals surface area contributed by atoms with E-state index in [9.17, 15) is 0 Å². The molecule has 21 heavy (non-hydrogen) atoms. The van der Waals surface area contributed by atoms with Gasteiger partial charge in [-0.05, 0) is 25.7 Å². The lowest BCUT2D eigenvalue weighted by molar-refractivity contribution is 0.0684. The van der Waals surface area contributed by atoms with Crippen LogP contribution in [0.4, 0.5) is 5.95 Å². The largest absolute Gasteiger partial charge is 0.381 e. The molecule has 118 valence electrons. The van der Waals surface area contributed by atoms with Crippen LogP contribution in [0.2, 0.25) is 0 Å². The number of hydrogen-bond acceptors (Lipinski definition) is 5. The Morgan fingerprint density at radius 2 is 2.10 bits per heavy atom. The molecule has 2 heterocycles. The highest BCUT2D eigenvalue weighted by Crippen LogP contribution is 2.18. The van der Waals surface area contributed by atoms with Gasteiger partial charge in [-0.25, -0.2) is 9.97 Å². The van der Waals surface area contributed by atoms with Gasteiger partial charge in [0.15, 0.2) is 0 Å². The Morgan fingerprint density at radius 1 is 1.38 bits per heavy atom. The zero-order chi connectivity index (χ0) is 15.2. The summed E-state index contributed by atoms with van der Waals surface area (Å²) in [5.74, 6) is 1.52. The lowest BCUT2D eigenvalue weighted by Gasteiger charge is -2.27. The first kappa shape index (κ1) is 16.2. The SMILES string of the molecule is Cc1nc(N(C)CC2CCOCC2)ncc1CNC(C)C. The van der Waals surface area contributed by atoms with E-state index in [1.54, 1.807) is 0 Å². The van der Waals surface area contributed by atoms with Crippen molar-refractivity contribution in [1.82, 2.24) is 15.3 Å². The molecule has 0 saturated carbocycles. The first-order chi connectivity index (χ1) is 10.1. The lowest BCUT2D eigenvalue weighted by Crippen LogP contribution is -2.31. The fraction of sp³-hybridized carbons (Fsp3) is 0.750. The van der Waals surface area contributed by atoms with Crippen LogP contribution in [-0.2, 0) is 11.3 Å². The van der Waals surface area contributed by atoms with Gasteiger partial charge in [-0.3, -0.25) is 0 Å². The molecule has 1 saturated heterocycles. The van der Waals surface area contributed by atoms with E-state index in [1.807, 2.05) is 6.20 Å². The molecule has 1 fully saturated rings. The van der Waals surface area contributed by atoms with Gasteiger partial charge in [0.1, 0.15) is 0 Å². The van der Waals surface area contributed by atoms with Gasteiger partial charge in [-0.1, -0.05) is 13.8 Å². The fourth-order valence-corrected chi connectivity index (χ4v) is 2.55. The molecule has 2 rings (SSSR count). The van der Waals surface area contributed by atoms with E-state index in [0.29, 0.717) is 12.0 Å². The van der Waals surface area contributed by atoms with E-state index in [2.05, 4.69) is 48.0 Å². The van der Waals surface area contributed by atoms with Crippen LogP contribution in [0.5, 0.6) is 0 Å². The molecule has 0 bridgehead atoms. The van der Waals surface area contributed by atoms with Gasteiger partial charge in [0.25, 0.3) is 0 Å². The van der Waals surface area contributed by atoms with E-state index < -0.39 is 0 Å². The molecule has 0 aromatic carbocycles. The molecule has 0 amide bonds. The monoisotopic (exact) mass is 292 g/mol. The second kappa shape index (κ2) is 7.71. The van der Waals surface area contributed by atoms with Crippen molar-refractivity contribution < 1.29 is 4.74 Å². The van der Waals surface area contributed by atoms with Gasteiger partial charge in [-0.15, -0.1) is 0 Å². The minimum atomic E-state index is 0.472. The number of rotatable bonds is 6. The summed E-state index contributed by atoms with van der Waals surface area (Å²) >= 11 is 0. The highest BCUT2D eigenvalue weighted by Gasteiger charge is 2.17. The Balaban J connectivity index is 1.94. The third-order valence-corrected chi connectivity index (χ3v) is 3.98. The maximum absolute atomic E-state index is 5.41. The predicted molar refractivity (Wildman–Crippen MR) is 85.6 cm³/mol. The fourth-order valence-electron chi connectivity index (χ4n) is 2.55. The van der Waals surface area contributed by atoms with E-state index in [4.69, 9.17) is 4.74 Å². The Bertz CT molecular complexity index is 444. The highest BCUT2D eigenvalue weighted by molar-refractivity contribution is 5.32. The average molecular weight is 292 g/mol. The quantitative estimate of drug-likeness (QED) is 0.870. The van der Waals surface area contributed by atoms with Gasteiger partial charge in [0.2, 0.25) is 5.95 Å². The van der Waals surface area contributed by atoms with E-state index in [0.717, 1.165) is 50.8 Å². The molecule has 0 aliphatic carbocycles. The summed E-state index contributed by atoms with van der Waals surface area (Å²) in [5, 5.41) is 3.41. The zero-order valence-electron chi connectivity index (χ0n) is 13.7. The molecule has 0 radical (unpaired) electrons. The van der Waals surface area contributed by atoms with Crippen LogP contribution in [0.1, 0.15) is 37.9 Å². The standard InChI is InChI=1S/C16H28N4O/c1-12(2)17-9-15-10-18-16(19-13(15)3)20(4)11-14-5-7-21-8-6-14/h10,12,14,17H,5-9,11H2,1-4H3. The van der Waals surface area contributed by atoms with Crippen LogP contribution in [0.25, 0.3) is 0 Å². The summed E-state index contributed by atoms with van der Waals surface area (Å²) in [7, 11) is 2.08. The summed E-state index contributed by atoms with van der Waals surface area (Å²) in [6.07, 6.45) is 4.23. The van der Waals surface area contributed by atoms with Crippen molar-refractivity contribution in [3.8, 4) is 0 Å². The molecule has 1 aromatic rings. The van der Waals surface area contributed by atoms with Gasteiger partial charge in [0.05, 0.1) is 0 Å². The van der Waals surface area contributed by atoms with Crippen LogP contribution in [0.3, 0.4) is 0 Å². The number of aromatic nitrogens is 2. The normalized spacial score (nSPS) is 16.4. The average Bonchev–Trinajstić information content (AvgIpc) is 2.46. The lowest BCUT2D eigenvalue weighted by atomic mass is 10.00. The first-order valence-electron chi connectivity index (χ1n) is 7.91. The smallest absolute Gasteiger partial charge is 0.225 e. The van der Waals surface area contributed by atoms with Crippen molar-refractivity contribution in [3.05, 3.63) is 17.5 Å². The van der Waals surface area contributed by atoms with Crippen molar-refractivity contribution in [3.63, 3.8) is 0 Å². The van der Waals surface area contributed by atoms with E-state index >= 15 is 0 Å². The molecule has 1 N–H and O–H groups in total. The number of hydrogen-bond donors (Lipinski definition) is 1. The molecule has 5 nitrogen and oxygen atoms in total. The molecule has 0 unspecified atom stereocenters. The molecule has 5 heteroatoms. The molecule has 0 atom stereocenters. The van der Waals surface area contributed by atoms with Crippen LogP contribution >= 0.6 is 0 Å². The van der Waals surface area contributed by atoms with Crippen molar-refractivity contribution >= 4 is 5.95 Å². The van der Waals surface area contributed by atoms with Gasteiger partial charge in [-0.2, -0.15) is 0 Å². The topological polar surface area (TPSA) is 50.3 Å². The van der Waals surface area contributed by atoms with Gasteiger partial charge in [0, 0.05) is 56.8 Å². The summed E-state index contributed by atoms with van der Waals surface area (Å²) in [4.78, 5) is 11.4. The summed E-state index contributed by atoms with van der Waals surface area (Å²) in [5.41, 5.74) is 2.24. The number of aryl methyl sites for hydroxylation is 1. The number of nitrogens with zero attached hydrogens (tertiary/aromatic N) is 3. The van der Waals surface area contributed by atoms with Crippen molar-refractivity contribution in [1.29, 1.82) is 0 Å². The number of nitrogens with one attached hydrogen (secondary N) is 1. The molecular formula is C16H28N4O. The van der Waals surface area contributed by atoms with Gasteiger partial charge < -0.3 is 15.0 Å². The van der Waals surface area contributed by atoms with Crippen LogP contribution in [0.15, 0.2) is 6.20 Å². The van der Waals surface area contributed by atoms with Crippen molar-refractivity contribution in [2.75, 3.05) is 31.7 Å². The van der Waals surface area contributed by atoms with Gasteiger partial charge >= 0.3 is 0 Å². The molecular weight excluding hydrogens is 264 g/mol. The first-order valence-corrected chi connectivity index (χ1v) is 7.91. The van der Waals surface area contributed by atoms with E-state index in [-0.39, 0.29) is 0 Å². The maximum atomic E-state index is 5.41. The minimum absolute atomic E-state index is 0.472. The summed E-state index contributed by atoms with van der Waals surface area (Å²) < 4.78 is 5.41. The summed E-state index contributed by atoms with van der Waals surface area (Å²) in [6.45, 7) is 9.96. The second-order valence-corrected chi connectivity index (χ2v) is 6.25. The van der Waals surface area contributed by atoms with Crippen LogP contribution < -0.4 is 10.2 Å². The van der Waals surface area contributed by atoms with Crippen molar-refractivity contribution in [2.45, 2.75) is 46.2 Å².